The Bertz CT molecular complexity index is 897. The van der Waals surface area contributed by atoms with Gasteiger partial charge in [-0.15, -0.1) is 0 Å². The van der Waals surface area contributed by atoms with Gasteiger partial charge in [-0.3, -0.25) is 14.6 Å². The first-order chi connectivity index (χ1) is 15.1. The average molecular weight is 424 g/mol. The average Bonchev–Trinajstić information content (AvgIpc) is 2.81. The number of benzene rings is 1. The SMILES string of the molecule is COc1cccc(CN2C[C@H](C(=O)N3CCC(Oc4cccnc4)CC3)CCC2=O)c1. The van der Waals surface area contributed by atoms with Gasteiger partial charge in [-0.05, 0) is 36.2 Å². The topological polar surface area (TPSA) is 72.0 Å². The van der Waals surface area contributed by atoms with Crippen LogP contribution in [0.2, 0.25) is 0 Å². The Hall–Kier alpha value is -3.09. The van der Waals surface area contributed by atoms with Gasteiger partial charge in [-0.1, -0.05) is 12.1 Å². The molecule has 0 N–H and O–H groups in total. The molecule has 2 aromatic rings. The number of likely N-dealkylation sites (tertiary alicyclic amines) is 2. The molecule has 2 fully saturated rings. The molecule has 0 aliphatic carbocycles. The molecule has 0 radical (unpaired) electrons. The zero-order valence-electron chi connectivity index (χ0n) is 17.9. The van der Waals surface area contributed by atoms with Crippen LogP contribution in [0.15, 0.2) is 48.8 Å². The van der Waals surface area contributed by atoms with E-state index >= 15 is 0 Å². The van der Waals surface area contributed by atoms with Crippen LogP contribution < -0.4 is 9.47 Å². The third kappa shape index (κ3) is 5.34. The summed E-state index contributed by atoms with van der Waals surface area (Å²) in [6.07, 6.45) is 6.19. The quantitative estimate of drug-likeness (QED) is 0.714. The van der Waals surface area contributed by atoms with Gasteiger partial charge < -0.3 is 19.3 Å². The van der Waals surface area contributed by atoms with E-state index in [1.165, 1.54) is 0 Å². The van der Waals surface area contributed by atoms with E-state index in [0.29, 0.717) is 39.0 Å². The third-order valence-electron chi connectivity index (χ3n) is 6.05. The fourth-order valence-corrected chi connectivity index (χ4v) is 4.32. The van der Waals surface area contributed by atoms with Crippen LogP contribution in [0.25, 0.3) is 0 Å². The van der Waals surface area contributed by atoms with Crippen molar-refractivity contribution in [2.45, 2.75) is 38.3 Å². The second-order valence-corrected chi connectivity index (χ2v) is 8.19. The van der Waals surface area contributed by atoms with Gasteiger partial charge in [-0.2, -0.15) is 0 Å². The molecule has 31 heavy (non-hydrogen) atoms. The van der Waals surface area contributed by atoms with Gasteiger partial charge in [0, 0.05) is 51.6 Å². The van der Waals surface area contributed by atoms with Gasteiger partial charge in [-0.25, -0.2) is 0 Å². The van der Waals surface area contributed by atoms with Crippen molar-refractivity contribution in [1.29, 1.82) is 0 Å². The maximum atomic E-state index is 13.1. The van der Waals surface area contributed by atoms with Crippen molar-refractivity contribution in [2.24, 2.45) is 5.92 Å². The summed E-state index contributed by atoms with van der Waals surface area (Å²) in [7, 11) is 1.63. The zero-order chi connectivity index (χ0) is 21.6. The van der Waals surface area contributed by atoms with Gasteiger partial charge in [0.1, 0.15) is 17.6 Å². The smallest absolute Gasteiger partial charge is 0.227 e. The molecule has 7 heteroatoms. The Kier molecular flexibility index (Phi) is 6.70. The van der Waals surface area contributed by atoms with E-state index in [9.17, 15) is 9.59 Å². The number of methoxy groups -OCH3 is 1. The van der Waals surface area contributed by atoms with Crippen LogP contribution in [-0.4, -0.2) is 59.4 Å². The van der Waals surface area contributed by atoms with Gasteiger partial charge in [0.2, 0.25) is 11.8 Å². The van der Waals surface area contributed by atoms with E-state index in [1.807, 2.05) is 41.3 Å². The molecule has 0 unspecified atom stereocenters. The predicted molar refractivity (Wildman–Crippen MR) is 116 cm³/mol. The van der Waals surface area contributed by atoms with Gasteiger partial charge in [0.25, 0.3) is 0 Å². The number of rotatable bonds is 6. The molecule has 2 amide bonds. The van der Waals surface area contributed by atoms with Crippen molar-refractivity contribution in [3.05, 3.63) is 54.4 Å². The minimum absolute atomic E-state index is 0.103. The fourth-order valence-electron chi connectivity index (χ4n) is 4.32. The molecule has 0 bridgehead atoms. The lowest BCUT2D eigenvalue weighted by molar-refractivity contribution is -0.144. The summed E-state index contributed by atoms with van der Waals surface area (Å²) in [6.45, 7) is 2.34. The molecule has 1 aromatic carbocycles. The summed E-state index contributed by atoms with van der Waals surface area (Å²) in [5.41, 5.74) is 1.01. The molecule has 4 rings (SSSR count). The molecule has 1 atom stereocenters. The third-order valence-corrected chi connectivity index (χ3v) is 6.05. The lowest BCUT2D eigenvalue weighted by atomic mass is 9.94. The lowest BCUT2D eigenvalue weighted by Gasteiger charge is -2.37. The number of carbonyl (C=O) groups is 2. The molecule has 0 spiro atoms. The van der Waals surface area contributed by atoms with Gasteiger partial charge in [0.05, 0.1) is 19.2 Å². The number of piperidine rings is 2. The number of pyridine rings is 1. The van der Waals surface area contributed by atoms with Crippen LogP contribution in [0.4, 0.5) is 0 Å². The van der Waals surface area contributed by atoms with Crippen molar-refractivity contribution in [2.75, 3.05) is 26.7 Å². The first-order valence-electron chi connectivity index (χ1n) is 10.9. The molecular weight excluding hydrogens is 394 g/mol. The highest BCUT2D eigenvalue weighted by Crippen LogP contribution is 2.25. The molecule has 7 nitrogen and oxygen atoms in total. The molecule has 2 saturated heterocycles. The largest absolute Gasteiger partial charge is 0.497 e. The Morgan fingerprint density at radius 2 is 1.94 bits per heavy atom. The fraction of sp³-hybridized carbons (Fsp3) is 0.458. The Morgan fingerprint density at radius 1 is 1.13 bits per heavy atom. The van der Waals surface area contributed by atoms with E-state index in [2.05, 4.69) is 4.98 Å². The Morgan fingerprint density at radius 3 is 2.68 bits per heavy atom. The van der Waals surface area contributed by atoms with Crippen LogP contribution in [-0.2, 0) is 16.1 Å². The molecule has 164 valence electrons. The molecule has 2 aliphatic heterocycles. The van der Waals surface area contributed by atoms with E-state index in [4.69, 9.17) is 9.47 Å². The second-order valence-electron chi connectivity index (χ2n) is 8.19. The van der Waals surface area contributed by atoms with Crippen LogP contribution in [0, 0.1) is 5.92 Å². The maximum Gasteiger partial charge on any atom is 0.227 e. The summed E-state index contributed by atoms with van der Waals surface area (Å²) in [6, 6.07) is 11.5. The summed E-state index contributed by atoms with van der Waals surface area (Å²) >= 11 is 0. The maximum absolute atomic E-state index is 13.1. The van der Waals surface area contributed by atoms with E-state index in [-0.39, 0.29) is 23.8 Å². The van der Waals surface area contributed by atoms with Crippen LogP contribution in [0.5, 0.6) is 11.5 Å². The Labute approximate surface area is 183 Å². The number of amides is 2. The number of aromatic nitrogens is 1. The standard InChI is InChI=1S/C24H29N3O4/c1-30-21-5-2-4-18(14-21)16-27-17-19(7-8-23(27)28)24(29)26-12-9-20(10-13-26)31-22-6-3-11-25-15-22/h2-6,11,14-15,19-20H,7-10,12-13,16-17H2,1H3/t19-/m1/s1. The van der Waals surface area contributed by atoms with Crippen molar-refractivity contribution in [3.63, 3.8) is 0 Å². The van der Waals surface area contributed by atoms with Crippen molar-refractivity contribution in [3.8, 4) is 11.5 Å². The summed E-state index contributed by atoms with van der Waals surface area (Å²) in [5.74, 6) is 1.66. The number of hydrogen-bond acceptors (Lipinski definition) is 5. The van der Waals surface area contributed by atoms with Crippen LogP contribution in [0.1, 0.15) is 31.2 Å². The zero-order valence-corrected chi connectivity index (χ0v) is 17.9. The predicted octanol–water partition coefficient (Wildman–Crippen LogP) is 2.90. The summed E-state index contributed by atoms with van der Waals surface area (Å²) < 4.78 is 11.3. The molecule has 3 heterocycles. The lowest BCUT2D eigenvalue weighted by Crippen LogP contribution is -2.49. The summed E-state index contributed by atoms with van der Waals surface area (Å²) in [5, 5.41) is 0. The molecule has 0 saturated carbocycles. The highest BCUT2D eigenvalue weighted by Gasteiger charge is 2.34. The summed E-state index contributed by atoms with van der Waals surface area (Å²) in [4.78, 5) is 33.4. The molecular formula is C24H29N3O4. The minimum Gasteiger partial charge on any atom is -0.497 e. The first kappa shape index (κ1) is 21.2. The van der Waals surface area contributed by atoms with Gasteiger partial charge in [0.15, 0.2) is 0 Å². The van der Waals surface area contributed by atoms with E-state index < -0.39 is 0 Å². The second kappa shape index (κ2) is 9.81. The van der Waals surface area contributed by atoms with Crippen molar-refractivity contribution in [1.82, 2.24) is 14.8 Å². The van der Waals surface area contributed by atoms with Crippen LogP contribution >= 0.6 is 0 Å². The minimum atomic E-state index is -0.140. The molecule has 2 aliphatic rings. The number of ether oxygens (including phenoxy) is 2. The monoisotopic (exact) mass is 423 g/mol. The number of nitrogens with zero attached hydrogens (tertiary/aromatic N) is 3. The van der Waals surface area contributed by atoms with Crippen LogP contribution in [0.3, 0.4) is 0 Å². The normalized spacial score (nSPS) is 19.9. The first-order valence-corrected chi connectivity index (χ1v) is 10.9. The number of hydrogen-bond donors (Lipinski definition) is 0. The molecule has 1 aromatic heterocycles. The van der Waals surface area contributed by atoms with Crippen molar-refractivity contribution >= 4 is 11.8 Å². The van der Waals surface area contributed by atoms with Crippen molar-refractivity contribution < 1.29 is 19.1 Å². The van der Waals surface area contributed by atoms with Gasteiger partial charge >= 0.3 is 0 Å². The Balaban J connectivity index is 1.30. The highest BCUT2D eigenvalue weighted by atomic mass is 16.5. The highest BCUT2D eigenvalue weighted by molar-refractivity contribution is 5.84. The number of carbonyl (C=O) groups excluding carboxylic acids is 2. The van der Waals surface area contributed by atoms with E-state index in [1.54, 1.807) is 24.4 Å². The van der Waals surface area contributed by atoms with E-state index in [0.717, 1.165) is 29.9 Å².